The summed E-state index contributed by atoms with van der Waals surface area (Å²) in [5.41, 5.74) is -0.194. The van der Waals surface area contributed by atoms with Gasteiger partial charge < -0.3 is 14.5 Å². The van der Waals surface area contributed by atoms with Crippen molar-refractivity contribution in [3.05, 3.63) is 22.5 Å². The van der Waals surface area contributed by atoms with Crippen molar-refractivity contribution in [1.29, 1.82) is 0 Å². The van der Waals surface area contributed by atoms with Gasteiger partial charge in [0.15, 0.2) is 0 Å². The van der Waals surface area contributed by atoms with E-state index < -0.39 is 0 Å². The van der Waals surface area contributed by atoms with E-state index in [0.29, 0.717) is 11.9 Å². The molecule has 0 aromatic carbocycles. The molecule has 0 bridgehead atoms. The highest BCUT2D eigenvalue weighted by Gasteiger charge is 2.21. The zero-order chi connectivity index (χ0) is 18.6. The standard InChI is InChI=1S/C18H25N7O2/c1-23-15(26)9-8-14(22-23)27-18-20-16(24-10-4-2-5-11-24)19-17(21-18)25-12-6-3-7-13-25/h8-9H,2-7,10-13H2,1H3. The van der Waals surface area contributed by atoms with E-state index in [2.05, 4.69) is 24.9 Å². The van der Waals surface area contributed by atoms with E-state index in [4.69, 9.17) is 9.72 Å². The van der Waals surface area contributed by atoms with Crippen LogP contribution < -0.4 is 20.1 Å². The zero-order valence-electron chi connectivity index (χ0n) is 15.7. The Kier molecular flexibility index (Phi) is 5.17. The molecule has 0 amide bonds. The summed E-state index contributed by atoms with van der Waals surface area (Å²) in [5.74, 6) is 1.60. The third-order valence-electron chi connectivity index (χ3n) is 5.00. The van der Waals surface area contributed by atoms with Crippen LogP contribution in [-0.4, -0.2) is 50.9 Å². The Hall–Kier alpha value is -2.71. The van der Waals surface area contributed by atoms with Crippen molar-refractivity contribution >= 4 is 11.9 Å². The molecular weight excluding hydrogens is 346 g/mol. The van der Waals surface area contributed by atoms with Gasteiger partial charge in [-0.3, -0.25) is 4.79 Å². The lowest BCUT2D eigenvalue weighted by Gasteiger charge is -2.30. The molecule has 0 spiro atoms. The maximum atomic E-state index is 11.5. The highest BCUT2D eigenvalue weighted by atomic mass is 16.5. The average Bonchev–Trinajstić information content (AvgIpc) is 2.72. The topological polar surface area (TPSA) is 89.3 Å². The van der Waals surface area contributed by atoms with E-state index in [1.165, 1.54) is 29.7 Å². The van der Waals surface area contributed by atoms with Crippen molar-refractivity contribution < 1.29 is 4.74 Å². The van der Waals surface area contributed by atoms with Gasteiger partial charge in [0.1, 0.15) is 0 Å². The first kappa shape index (κ1) is 17.7. The Bertz CT molecular complexity index is 806. The molecule has 9 heteroatoms. The van der Waals surface area contributed by atoms with Gasteiger partial charge in [0.25, 0.3) is 5.56 Å². The summed E-state index contributed by atoms with van der Waals surface area (Å²) < 4.78 is 7.02. The van der Waals surface area contributed by atoms with Gasteiger partial charge in [-0.2, -0.15) is 15.0 Å². The van der Waals surface area contributed by atoms with Crippen LogP contribution in [0, 0.1) is 0 Å². The lowest BCUT2D eigenvalue weighted by atomic mass is 10.1. The molecule has 4 heterocycles. The maximum Gasteiger partial charge on any atom is 0.330 e. The summed E-state index contributed by atoms with van der Waals surface area (Å²) in [4.78, 5) is 29.7. The van der Waals surface area contributed by atoms with Crippen LogP contribution in [-0.2, 0) is 7.05 Å². The van der Waals surface area contributed by atoms with Crippen molar-refractivity contribution in [2.45, 2.75) is 38.5 Å². The Labute approximate surface area is 158 Å². The smallest absolute Gasteiger partial charge is 0.330 e. The summed E-state index contributed by atoms with van der Waals surface area (Å²) in [6.45, 7) is 3.78. The first-order chi connectivity index (χ1) is 13.2. The maximum absolute atomic E-state index is 11.5. The van der Waals surface area contributed by atoms with Gasteiger partial charge in [-0.15, -0.1) is 5.10 Å². The largest absolute Gasteiger partial charge is 0.403 e. The number of anilines is 2. The van der Waals surface area contributed by atoms with E-state index >= 15 is 0 Å². The van der Waals surface area contributed by atoms with Crippen LogP contribution in [0.3, 0.4) is 0 Å². The number of hydrogen-bond donors (Lipinski definition) is 0. The van der Waals surface area contributed by atoms with Gasteiger partial charge >= 0.3 is 6.01 Å². The first-order valence-corrected chi connectivity index (χ1v) is 9.67. The predicted octanol–water partition coefficient (Wildman–Crippen LogP) is 1.74. The second-order valence-electron chi connectivity index (χ2n) is 7.05. The van der Waals surface area contributed by atoms with Crippen molar-refractivity contribution in [2.75, 3.05) is 36.0 Å². The molecule has 27 heavy (non-hydrogen) atoms. The molecule has 0 unspecified atom stereocenters. The number of nitrogens with zero attached hydrogens (tertiary/aromatic N) is 7. The number of ether oxygens (including phenoxy) is 1. The van der Waals surface area contributed by atoms with E-state index in [1.807, 2.05) is 0 Å². The molecule has 2 aromatic rings. The Balaban J connectivity index is 1.65. The molecule has 9 nitrogen and oxygen atoms in total. The Morgan fingerprint density at radius 3 is 1.89 bits per heavy atom. The molecule has 2 fully saturated rings. The summed E-state index contributed by atoms with van der Waals surface area (Å²) in [7, 11) is 1.58. The average molecular weight is 371 g/mol. The highest BCUT2D eigenvalue weighted by Crippen LogP contribution is 2.24. The van der Waals surface area contributed by atoms with Gasteiger partial charge in [0, 0.05) is 45.4 Å². The fourth-order valence-electron chi connectivity index (χ4n) is 3.48. The van der Waals surface area contributed by atoms with Crippen LogP contribution in [0.4, 0.5) is 11.9 Å². The van der Waals surface area contributed by atoms with E-state index in [1.54, 1.807) is 7.05 Å². The van der Waals surface area contributed by atoms with Crippen LogP contribution >= 0.6 is 0 Å². The van der Waals surface area contributed by atoms with E-state index in [-0.39, 0.29) is 17.4 Å². The molecule has 144 valence electrons. The Morgan fingerprint density at radius 2 is 1.37 bits per heavy atom. The van der Waals surface area contributed by atoms with Crippen molar-refractivity contribution in [1.82, 2.24) is 24.7 Å². The van der Waals surface area contributed by atoms with Crippen molar-refractivity contribution in [2.24, 2.45) is 7.05 Å². The molecule has 0 N–H and O–H groups in total. The monoisotopic (exact) mass is 371 g/mol. The SMILES string of the molecule is Cn1nc(Oc2nc(N3CCCCC3)nc(N3CCCCC3)n2)ccc1=O. The summed E-state index contributed by atoms with van der Waals surface area (Å²) in [5, 5.41) is 4.11. The second-order valence-corrected chi connectivity index (χ2v) is 7.05. The van der Waals surface area contributed by atoms with Gasteiger partial charge in [0.05, 0.1) is 0 Å². The Morgan fingerprint density at radius 1 is 0.815 bits per heavy atom. The fraction of sp³-hybridized carbons (Fsp3) is 0.611. The first-order valence-electron chi connectivity index (χ1n) is 9.67. The summed E-state index contributed by atoms with van der Waals surface area (Å²) in [6, 6.07) is 3.17. The number of aromatic nitrogens is 5. The zero-order valence-corrected chi connectivity index (χ0v) is 15.7. The van der Waals surface area contributed by atoms with Crippen LogP contribution in [0.25, 0.3) is 0 Å². The second kappa shape index (κ2) is 7.89. The minimum absolute atomic E-state index is 0.194. The number of aryl methyl sites for hydroxylation is 1. The minimum Gasteiger partial charge on any atom is -0.403 e. The third-order valence-corrected chi connectivity index (χ3v) is 5.00. The van der Waals surface area contributed by atoms with Crippen LogP contribution in [0.15, 0.2) is 16.9 Å². The third kappa shape index (κ3) is 4.17. The molecule has 0 aliphatic carbocycles. The number of piperidine rings is 2. The lowest BCUT2D eigenvalue weighted by molar-refractivity contribution is 0.403. The summed E-state index contributed by atoms with van der Waals surface area (Å²) in [6.07, 6.45) is 7.05. The normalized spacial score (nSPS) is 17.8. The van der Waals surface area contributed by atoms with Crippen molar-refractivity contribution in [3.8, 4) is 11.9 Å². The molecule has 2 aromatic heterocycles. The van der Waals surface area contributed by atoms with Crippen molar-refractivity contribution in [3.63, 3.8) is 0 Å². The van der Waals surface area contributed by atoms with Crippen LogP contribution in [0.1, 0.15) is 38.5 Å². The minimum atomic E-state index is -0.194. The molecule has 0 radical (unpaired) electrons. The molecule has 2 aliphatic rings. The van der Waals surface area contributed by atoms with Gasteiger partial charge in [-0.25, -0.2) is 4.68 Å². The lowest BCUT2D eigenvalue weighted by Crippen LogP contribution is -2.34. The van der Waals surface area contributed by atoms with Crippen LogP contribution in [0.5, 0.6) is 11.9 Å². The van der Waals surface area contributed by atoms with Gasteiger partial charge in [-0.1, -0.05) is 0 Å². The van der Waals surface area contributed by atoms with E-state index in [9.17, 15) is 4.79 Å². The van der Waals surface area contributed by atoms with Gasteiger partial charge in [-0.05, 0) is 38.5 Å². The summed E-state index contributed by atoms with van der Waals surface area (Å²) >= 11 is 0. The van der Waals surface area contributed by atoms with E-state index in [0.717, 1.165) is 51.9 Å². The quantitative estimate of drug-likeness (QED) is 0.803. The number of hydrogen-bond acceptors (Lipinski definition) is 8. The molecule has 2 aliphatic heterocycles. The fourth-order valence-corrected chi connectivity index (χ4v) is 3.48. The molecule has 0 atom stereocenters. The van der Waals surface area contributed by atoms with Gasteiger partial charge in [0.2, 0.25) is 17.8 Å². The molecule has 0 saturated carbocycles. The molecule has 4 rings (SSSR count). The molecule has 2 saturated heterocycles. The predicted molar refractivity (Wildman–Crippen MR) is 102 cm³/mol. The van der Waals surface area contributed by atoms with Crippen LogP contribution in [0.2, 0.25) is 0 Å². The number of rotatable bonds is 4. The highest BCUT2D eigenvalue weighted by molar-refractivity contribution is 5.41. The molecular formula is C18H25N7O2.